The third-order valence-electron chi connectivity index (χ3n) is 4.11. The molecule has 0 spiro atoms. The molecule has 28 heavy (non-hydrogen) atoms. The summed E-state index contributed by atoms with van der Waals surface area (Å²) in [5.41, 5.74) is 6.11. The average molecular weight is 452 g/mol. The molecule has 1 aromatic heterocycles. The first-order chi connectivity index (χ1) is 13.5. The number of ether oxygens (including phenoxy) is 3. The molecular weight excluding hydrogens is 434 g/mol. The molecule has 0 saturated carbocycles. The van der Waals surface area contributed by atoms with Crippen LogP contribution in [-0.2, 0) is 20.9 Å². The topological polar surface area (TPSA) is 121 Å². The first-order valence-electron chi connectivity index (χ1n) is 8.33. The highest BCUT2D eigenvalue weighted by atomic mass is 79.9. The van der Waals surface area contributed by atoms with E-state index in [1.807, 2.05) is 0 Å². The second-order valence-electron chi connectivity index (χ2n) is 5.92. The van der Waals surface area contributed by atoms with Crippen LogP contribution in [0.1, 0.15) is 23.0 Å². The van der Waals surface area contributed by atoms with Crippen LogP contribution in [0.5, 0.6) is 5.75 Å². The van der Waals surface area contributed by atoms with Crippen LogP contribution in [0.2, 0.25) is 0 Å². The van der Waals surface area contributed by atoms with Crippen molar-refractivity contribution < 1.29 is 28.5 Å². The number of aliphatic hydroxyl groups is 1. The second kappa shape index (κ2) is 8.59. The summed E-state index contributed by atoms with van der Waals surface area (Å²) in [5.74, 6) is -1.81. The lowest BCUT2D eigenvalue weighted by atomic mass is 9.86. The highest BCUT2D eigenvalue weighted by molar-refractivity contribution is 9.10. The van der Waals surface area contributed by atoms with Gasteiger partial charge in [0, 0.05) is 17.6 Å². The predicted octanol–water partition coefficient (Wildman–Crippen LogP) is 1.78. The van der Waals surface area contributed by atoms with E-state index in [0.29, 0.717) is 5.56 Å². The fraction of sp³-hybridized carbons (Fsp3) is 0.263. The molecule has 1 aromatic carbocycles. The van der Waals surface area contributed by atoms with Crippen molar-refractivity contribution in [3.63, 3.8) is 0 Å². The van der Waals surface area contributed by atoms with Crippen molar-refractivity contribution in [1.82, 2.24) is 0 Å². The van der Waals surface area contributed by atoms with E-state index in [1.165, 1.54) is 7.11 Å². The molecule has 8 nitrogen and oxygen atoms in total. The number of hydrogen-bond donors (Lipinski definition) is 2. The summed E-state index contributed by atoms with van der Waals surface area (Å²) in [5, 5.41) is 9.41. The second-order valence-corrected chi connectivity index (χ2v) is 6.84. The number of halogens is 1. The lowest BCUT2D eigenvalue weighted by molar-refractivity contribution is -0.140. The van der Waals surface area contributed by atoms with Gasteiger partial charge in [-0.15, -0.1) is 0 Å². The minimum Gasteiger partial charge on any atom is -0.460 e. The van der Waals surface area contributed by atoms with E-state index < -0.39 is 23.9 Å². The summed E-state index contributed by atoms with van der Waals surface area (Å²) in [6, 6.07) is 8.19. The maximum absolute atomic E-state index is 12.7. The summed E-state index contributed by atoms with van der Waals surface area (Å²) in [6.45, 7) is -0.252. The van der Waals surface area contributed by atoms with Gasteiger partial charge in [0.1, 0.15) is 24.5 Å². The number of esters is 1. The van der Waals surface area contributed by atoms with Crippen molar-refractivity contribution in [1.29, 1.82) is 0 Å². The Balaban J connectivity index is 2.15. The molecule has 3 rings (SSSR count). The molecule has 0 fully saturated rings. The van der Waals surface area contributed by atoms with Crippen LogP contribution < -0.4 is 15.9 Å². The minimum atomic E-state index is -0.842. The average Bonchev–Trinajstić information content (AvgIpc) is 2.68. The number of carbonyl (C=O) groups is 1. The fourth-order valence-corrected chi connectivity index (χ4v) is 3.11. The molecule has 0 saturated heterocycles. The van der Waals surface area contributed by atoms with Crippen LogP contribution in [0.15, 0.2) is 55.5 Å². The quantitative estimate of drug-likeness (QED) is 0.503. The molecule has 1 atom stereocenters. The van der Waals surface area contributed by atoms with Gasteiger partial charge in [-0.1, -0.05) is 28.1 Å². The molecule has 0 unspecified atom stereocenters. The molecule has 0 bridgehead atoms. The van der Waals surface area contributed by atoms with Crippen LogP contribution in [0.3, 0.4) is 0 Å². The molecule has 0 aliphatic carbocycles. The molecule has 0 amide bonds. The Kier molecular flexibility index (Phi) is 6.18. The van der Waals surface area contributed by atoms with Crippen LogP contribution in [-0.4, -0.2) is 31.4 Å². The van der Waals surface area contributed by atoms with E-state index in [1.54, 1.807) is 24.3 Å². The Bertz CT molecular complexity index is 965. The highest BCUT2D eigenvalue weighted by Crippen LogP contribution is 2.41. The van der Waals surface area contributed by atoms with Gasteiger partial charge in [0.15, 0.2) is 5.76 Å². The van der Waals surface area contributed by atoms with Crippen molar-refractivity contribution in [2.24, 2.45) is 5.73 Å². The molecular formula is C19H18BrNO7. The van der Waals surface area contributed by atoms with Crippen molar-refractivity contribution in [3.05, 3.63) is 73.6 Å². The molecule has 148 valence electrons. The zero-order chi connectivity index (χ0) is 20.3. The van der Waals surface area contributed by atoms with Gasteiger partial charge in [-0.25, -0.2) is 4.79 Å². The summed E-state index contributed by atoms with van der Waals surface area (Å²) in [7, 11) is 1.48. The monoisotopic (exact) mass is 451 g/mol. The lowest BCUT2D eigenvalue weighted by Gasteiger charge is -2.27. The molecule has 2 heterocycles. The number of methoxy groups -OCH3 is 1. The summed E-state index contributed by atoms with van der Waals surface area (Å²) in [6.07, 6.45) is 0. The molecule has 0 radical (unpaired) electrons. The van der Waals surface area contributed by atoms with Crippen molar-refractivity contribution in [2.45, 2.75) is 12.5 Å². The normalized spacial score (nSPS) is 15.8. The number of benzene rings is 1. The van der Waals surface area contributed by atoms with Crippen molar-refractivity contribution in [2.75, 3.05) is 20.3 Å². The lowest BCUT2D eigenvalue weighted by Crippen LogP contribution is -2.30. The first-order valence-corrected chi connectivity index (χ1v) is 9.12. The van der Waals surface area contributed by atoms with Gasteiger partial charge in [0.05, 0.1) is 12.5 Å². The van der Waals surface area contributed by atoms with Gasteiger partial charge in [0.25, 0.3) is 0 Å². The largest absolute Gasteiger partial charge is 0.460 e. The number of carbonyl (C=O) groups excluding carboxylic acids is 1. The van der Waals surface area contributed by atoms with Crippen LogP contribution in [0.25, 0.3) is 0 Å². The van der Waals surface area contributed by atoms with Gasteiger partial charge in [-0.2, -0.15) is 0 Å². The van der Waals surface area contributed by atoms with E-state index in [9.17, 15) is 14.7 Å². The van der Waals surface area contributed by atoms with Crippen LogP contribution >= 0.6 is 15.9 Å². The maximum atomic E-state index is 12.7. The number of aliphatic hydroxyl groups excluding tert-OH is 1. The van der Waals surface area contributed by atoms with Crippen LogP contribution in [0.4, 0.5) is 0 Å². The molecule has 1 aliphatic heterocycles. The van der Waals surface area contributed by atoms with Crippen LogP contribution in [0, 0.1) is 0 Å². The van der Waals surface area contributed by atoms with Gasteiger partial charge < -0.3 is 29.5 Å². The predicted molar refractivity (Wildman–Crippen MR) is 102 cm³/mol. The number of nitrogens with two attached hydrogens (primary N) is 1. The zero-order valence-electron chi connectivity index (χ0n) is 14.9. The molecule has 1 aliphatic rings. The fourth-order valence-electron chi connectivity index (χ4n) is 2.84. The van der Waals surface area contributed by atoms with Gasteiger partial charge in [0.2, 0.25) is 17.1 Å². The summed E-state index contributed by atoms with van der Waals surface area (Å²) >= 11 is 3.36. The summed E-state index contributed by atoms with van der Waals surface area (Å²) in [4.78, 5) is 25.1. The first kappa shape index (κ1) is 20.1. The number of hydrogen-bond acceptors (Lipinski definition) is 8. The highest BCUT2D eigenvalue weighted by Gasteiger charge is 2.39. The molecule has 3 N–H and O–H groups in total. The summed E-state index contributed by atoms with van der Waals surface area (Å²) < 4.78 is 22.0. The van der Waals surface area contributed by atoms with Gasteiger partial charge >= 0.3 is 5.97 Å². The Morgan fingerprint density at radius 3 is 2.64 bits per heavy atom. The molecule has 9 heteroatoms. The smallest absolute Gasteiger partial charge is 0.340 e. The number of fused-ring (bicyclic) bond motifs is 1. The Labute approximate surface area is 168 Å². The third kappa shape index (κ3) is 3.96. The van der Waals surface area contributed by atoms with Gasteiger partial charge in [-0.3, -0.25) is 4.79 Å². The van der Waals surface area contributed by atoms with E-state index in [0.717, 1.165) is 10.5 Å². The molecule has 2 aromatic rings. The van der Waals surface area contributed by atoms with E-state index >= 15 is 0 Å². The zero-order valence-corrected chi connectivity index (χ0v) is 16.5. The number of rotatable bonds is 6. The Morgan fingerprint density at radius 2 is 2.00 bits per heavy atom. The Morgan fingerprint density at radius 1 is 1.29 bits per heavy atom. The van der Waals surface area contributed by atoms with Gasteiger partial charge in [-0.05, 0) is 17.7 Å². The van der Waals surface area contributed by atoms with E-state index in [4.69, 9.17) is 24.4 Å². The minimum absolute atomic E-state index is 0.00386. The van der Waals surface area contributed by atoms with E-state index in [2.05, 4.69) is 15.9 Å². The maximum Gasteiger partial charge on any atom is 0.340 e. The SMILES string of the molecule is COCCOC(=O)C1=C(N)Oc2c(oc(CO)cc2=O)[C@H]1c1ccc(Br)cc1. The third-order valence-corrected chi connectivity index (χ3v) is 4.64. The standard InChI is InChI=1S/C19H18BrNO7/c1-25-6-7-26-19(24)15-14(10-2-4-11(20)5-3-10)17-16(28-18(15)21)13(23)8-12(9-22)27-17/h2-5,8,14,22H,6-7,9,21H2,1H3/t14-/m0/s1. The Hall–Kier alpha value is -2.62. The van der Waals surface area contributed by atoms with E-state index in [-0.39, 0.29) is 41.9 Å². The van der Waals surface area contributed by atoms with Crippen molar-refractivity contribution >= 4 is 21.9 Å². The van der Waals surface area contributed by atoms with Crippen molar-refractivity contribution in [3.8, 4) is 5.75 Å².